The number of sulfonamides is 1. The molecule has 23 heavy (non-hydrogen) atoms. The number of nitrogens with one attached hydrogen (secondary N) is 1. The molecule has 0 bridgehead atoms. The molecule has 1 aromatic carbocycles. The molecule has 5 nitrogen and oxygen atoms in total. The van der Waals surface area contributed by atoms with Crippen molar-refractivity contribution in [3.8, 4) is 0 Å². The lowest BCUT2D eigenvalue weighted by Crippen LogP contribution is -2.38. The Morgan fingerprint density at radius 1 is 1.39 bits per heavy atom. The van der Waals surface area contributed by atoms with Crippen molar-refractivity contribution in [2.75, 3.05) is 19.6 Å². The fourth-order valence-corrected chi connectivity index (χ4v) is 5.36. The number of amides is 1. The highest BCUT2D eigenvalue weighted by Crippen LogP contribution is 2.27. The molecule has 1 saturated heterocycles. The van der Waals surface area contributed by atoms with Crippen molar-refractivity contribution >= 4 is 37.4 Å². The number of hydrogen-bond donors (Lipinski definition) is 1. The summed E-state index contributed by atoms with van der Waals surface area (Å²) in [6.45, 7) is 2.94. The average Bonchev–Trinajstić information content (AvgIpc) is 3.15. The topological polar surface area (TPSA) is 66.5 Å². The fourth-order valence-electron chi connectivity index (χ4n) is 2.97. The summed E-state index contributed by atoms with van der Waals surface area (Å²) in [5, 5.41) is 2.64. The van der Waals surface area contributed by atoms with E-state index in [1.807, 2.05) is 29.6 Å². The molecule has 0 aliphatic carbocycles. The molecule has 3 rings (SSSR count). The van der Waals surface area contributed by atoms with Gasteiger partial charge in [0.2, 0.25) is 15.9 Å². The van der Waals surface area contributed by atoms with Crippen LogP contribution in [0.25, 0.3) is 10.1 Å². The SMILES string of the molecule is CCNS(=O)(=O)C1CCN(C(=O)Cc2csc3ccccc23)C1. The number of rotatable bonds is 5. The maximum atomic E-state index is 12.5. The second-order valence-electron chi connectivity index (χ2n) is 5.73. The predicted molar refractivity (Wildman–Crippen MR) is 93.1 cm³/mol. The van der Waals surface area contributed by atoms with Gasteiger partial charge in [-0.05, 0) is 28.8 Å². The van der Waals surface area contributed by atoms with Gasteiger partial charge < -0.3 is 4.90 Å². The van der Waals surface area contributed by atoms with Crippen molar-refractivity contribution in [3.63, 3.8) is 0 Å². The Labute approximate surface area is 140 Å². The van der Waals surface area contributed by atoms with Crippen LogP contribution in [0.1, 0.15) is 18.9 Å². The third-order valence-electron chi connectivity index (χ3n) is 4.18. The molecular formula is C16H20N2O3S2. The van der Waals surface area contributed by atoms with E-state index < -0.39 is 15.3 Å². The van der Waals surface area contributed by atoms with Gasteiger partial charge in [0.1, 0.15) is 0 Å². The molecule has 1 aliphatic heterocycles. The third-order valence-corrected chi connectivity index (χ3v) is 7.15. The number of benzene rings is 1. The van der Waals surface area contributed by atoms with Crippen LogP contribution in [0, 0.1) is 0 Å². The summed E-state index contributed by atoms with van der Waals surface area (Å²) in [5.41, 5.74) is 1.02. The van der Waals surface area contributed by atoms with Gasteiger partial charge in [0.05, 0.1) is 11.7 Å². The number of carbonyl (C=O) groups is 1. The van der Waals surface area contributed by atoms with E-state index in [9.17, 15) is 13.2 Å². The second-order valence-corrected chi connectivity index (χ2v) is 8.68. The summed E-state index contributed by atoms with van der Waals surface area (Å²) in [6, 6.07) is 8.03. The van der Waals surface area contributed by atoms with Gasteiger partial charge in [-0.15, -0.1) is 11.3 Å². The van der Waals surface area contributed by atoms with Crippen molar-refractivity contribution in [2.45, 2.75) is 25.0 Å². The maximum absolute atomic E-state index is 12.5. The van der Waals surface area contributed by atoms with Gasteiger partial charge in [0, 0.05) is 24.3 Å². The van der Waals surface area contributed by atoms with Crippen LogP contribution in [0.5, 0.6) is 0 Å². The van der Waals surface area contributed by atoms with Crippen LogP contribution in [-0.2, 0) is 21.2 Å². The van der Waals surface area contributed by atoms with Gasteiger partial charge in [-0.1, -0.05) is 25.1 Å². The molecule has 1 atom stereocenters. The first-order valence-corrected chi connectivity index (χ1v) is 10.1. The Bertz CT molecular complexity index is 814. The number of likely N-dealkylation sites (tertiary alicyclic amines) is 1. The summed E-state index contributed by atoms with van der Waals surface area (Å²) < 4.78 is 27.8. The van der Waals surface area contributed by atoms with Crippen LogP contribution in [0.2, 0.25) is 0 Å². The van der Waals surface area contributed by atoms with Gasteiger partial charge in [-0.25, -0.2) is 13.1 Å². The van der Waals surface area contributed by atoms with Crippen LogP contribution < -0.4 is 4.72 Å². The Hall–Kier alpha value is -1.44. The van der Waals surface area contributed by atoms with Crippen molar-refractivity contribution in [1.82, 2.24) is 9.62 Å². The van der Waals surface area contributed by atoms with Crippen LogP contribution in [0.3, 0.4) is 0 Å². The summed E-state index contributed by atoms with van der Waals surface area (Å²) in [5.74, 6) is 0.00255. The van der Waals surface area contributed by atoms with Crippen molar-refractivity contribution in [2.24, 2.45) is 0 Å². The Balaban J connectivity index is 1.68. The molecule has 1 N–H and O–H groups in total. The highest BCUT2D eigenvalue weighted by molar-refractivity contribution is 7.90. The largest absolute Gasteiger partial charge is 0.341 e. The lowest BCUT2D eigenvalue weighted by Gasteiger charge is -2.16. The van der Waals surface area contributed by atoms with E-state index in [1.165, 1.54) is 4.70 Å². The number of hydrogen-bond acceptors (Lipinski definition) is 4. The Morgan fingerprint density at radius 2 is 2.17 bits per heavy atom. The van der Waals surface area contributed by atoms with Gasteiger partial charge in [0.25, 0.3) is 0 Å². The summed E-state index contributed by atoms with van der Waals surface area (Å²) >= 11 is 1.63. The van der Waals surface area contributed by atoms with Crippen LogP contribution in [0.15, 0.2) is 29.6 Å². The quantitative estimate of drug-likeness (QED) is 0.895. The minimum absolute atomic E-state index is 0.00255. The van der Waals surface area contributed by atoms with Crippen molar-refractivity contribution < 1.29 is 13.2 Å². The van der Waals surface area contributed by atoms with E-state index >= 15 is 0 Å². The molecule has 1 unspecified atom stereocenters. The monoisotopic (exact) mass is 352 g/mol. The predicted octanol–water partition coefficient (Wildman–Crippen LogP) is 1.98. The van der Waals surface area contributed by atoms with Gasteiger partial charge in [-0.2, -0.15) is 0 Å². The molecule has 1 aromatic heterocycles. The van der Waals surface area contributed by atoms with Crippen LogP contribution >= 0.6 is 11.3 Å². The standard InChI is InChI=1S/C16H20N2O3S2/c1-2-17-23(20,21)13-7-8-18(10-13)16(19)9-12-11-22-15-6-4-3-5-14(12)15/h3-6,11,13,17H,2,7-10H2,1H3. The zero-order valence-electron chi connectivity index (χ0n) is 13.0. The van der Waals surface area contributed by atoms with E-state index in [0.29, 0.717) is 25.9 Å². The third kappa shape index (κ3) is 3.41. The van der Waals surface area contributed by atoms with E-state index in [1.54, 1.807) is 23.2 Å². The molecule has 2 heterocycles. The molecule has 0 spiro atoms. The first-order valence-electron chi connectivity index (χ1n) is 7.72. The van der Waals surface area contributed by atoms with E-state index in [0.717, 1.165) is 10.9 Å². The lowest BCUT2D eigenvalue weighted by molar-refractivity contribution is -0.129. The molecule has 2 aromatic rings. The zero-order chi connectivity index (χ0) is 16.4. The molecule has 1 amide bonds. The average molecular weight is 352 g/mol. The molecule has 0 saturated carbocycles. The number of thiophene rings is 1. The highest BCUT2D eigenvalue weighted by Gasteiger charge is 2.34. The molecular weight excluding hydrogens is 332 g/mol. The summed E-state index contributed by atoms with van der Waals surface area (Å²) in [7, 11) is -3.32. The van der Waals surface area contributed by atoms with Crippen LogP contribution in [0.4, 0.5) is 0 Å². The molecule has 0 radical (unpaired) electrons. The second kappa shape index (κ2) is 6.59. The Morgan fingerprint density at radius 3 is 2.96 bits per heavy atom. The first kappa shape index (κ1) is 16.4. The minimum atomic E-state index is -3.32. The smallest absolute Gasteiger partial charge is 0.227 e. The van der Waals surface area contributed by atoms with Crippen molar-refractivity contribution in [3.05, 3.63) is 35.2 Å². The van der Waals surface area contributed by atoms with E-state index in [2.05, 4.69) is 4.72 Å². The molecule has 7 heteroatoms. The lowest BCUT2D eigenvalue weighted by atomic mass is 10.1. The molecule has 1 aliphatic rings. The normalized spacial score (nSPS) is 18.7. The molecule has 124 valence electrons. The number of fused-ring (bicyclic) bond motifs is 1. The zero-order valence-corrected chi connectivity index (χ0v) is 14.6. The van der Waals surface area contributed by atoms with Gasteiger partial charge in [0.15, 0.2) is 0 Å². The minimum Gasteiger partial charge on any atom is -0.341 e. The highest BCUT2D eigenvalue weighted by atomic mass is 32.2. The fraction of sp³-hybridized carbons (Fsp3) is 0.438. The Kier molecular flexibility index (Phi) is 4.70. The number of nitrogens with zero attached hydrogens (tertiary/aromatic N) is 1. The van der Waals surface area contributed by atoms with E-state index in [-0.39, 0.29) is 12.5 Å². The van der Waals surface area contributed by atoms with E-state index in [4.69, 9.17) is 0 Å². The van der Waals surface area contributed by atoms with Gasteiger partial charge >= 0.3 is 0 Å². The van der Waals surface area contributed by atoms with Gasteiger partial charge in [-0.3, -0.25) is 4.79 Å². The maximum Gasteiger partial charge on any atom is 0.227 e. The van der Waals surface area contributed by atoms with Crippen molar-refractivity contribution in [1.29, 1.82) is 0 Å². The first-order chi connectivity index (χ1) is 11.0. The molecule has 1 fully saturated rings. The summed E-state index contributed by atoms with van der Waals surface area (Å²) in [4.78, 5) is 14.2. The van der Waals surface area contributed by atoms with Crippen LogP contribution in [-0.4, -0.2) is 44.1 Å². The summed E-state index contributed by atoms with van der Waals surface area (Å²) in [6.07, 6.45) is 0.837. The number of carbonyl (C=O) groups excluding carboxylic acids is 1.